The second-order valence-corrected chi connectivity index (χ2v) is 4.42. The first-order valence-corrected chi connectivity index (χ1v) is 5.33. The lowest BCUT2D eigenvalue weighted by atomic mass is 10.2. The molecular formula is C11H14N2O2. The largest absolute Gasteiger partial charge is 0.459 e. The number of furan rings is 1. The fourth-order valence-corrected chi connectivity index (χ4v) is 2.45. The Balaban J connectivity index is 1.65. The average molecular weight is 206 g/mol. The van der Waals surface area contributed by atoms with Crippen molar-refractivity contribution in [1.82, 2.24) is 10.6 Å². The standard InChI is InChI=1S/C11H14N2O2/c1-6-2-3-15-10(6)11(14)13-9-7-4-12-5-8(7)9/h2-3,7-9,12H,4-5H2,1H3,(H,13,14). The first kappa shape index (κ1) is 8.97. The molecule has 1 saturated heterocycles. The summed E-state index contributed by atoms with van der Waals surface area (Å²) in [6.07, 6.45) is 1.56. The molecule has 2 unspecified atom stereocenters. The molecule has 0 spiro atoms. The van der Waals surface area contributed by atoms with E-state index in [9.17, 15) is 4.79 Å². The van der Waals surface area contributed by atoms with Crippen LogP contribution in [0.5, 0.6) is 0 Å². The second kappa shape index (κ2) is 3.10. The summed E-state index contributed by atoms with van der Waals surface area (Å²) in [4.78, 5) is 11.8. The van der Waals surface area contributed by atoms with Crippen LogP contribution in [0, 0.1) is 18.8 Å². The van der Waals surface area contributed by atoms with E-state index in [1.165, 1.54) is 0 Å². The SMILES string of the molecule is Cc1ccoc1C(=O)NC1C2CNCC21. The van der Waals surface area contributed by atoms with Crippen LogP contribution < -0.4 is 10.6 Å². The van der Waals surface area contributed by atoms with E-state index < -0.39 is 0 Å². The third-order valence-electron chi connectivity index (χ3n) is 3.46. The van der Waals surface area contributed by atoms with Crippen molar-refractivity contribution in [1.29, 1.82) is 0 Å². The Morgan fingerprint density at radius 2 is 2.27 bits per heavy atom. The molecule has 4 nitrogen and oxygen atoms in total. The Hall–Kier alpha value is -1.29. The van der Waals surface area contributed by atoms with Gasteiger partial charge in [0.25, 0.3) is 5.91 Å². The quantitative estimate of drug-likeness (QED) is 0.742. The van der Waals surface area contributed by atoms with E-state index >= 15 is 0 Å². The van der Waals surface area contributed by atoms with Gasteiger partial charge in [-0.2, -0.15) is 0 Å². The van der Waals surface area contributed by atoms with Crippen LogP contribution in [0.15, 0.2) is 16.7 Å². The van der Waals surface area contributed by atoms with E-state index in [2.05, 4.69) is 10.6 Å². The molecule has 1 saturated carbocycles. The summed E-state index contributed by atoms with van der Waals surface area (Å²) >= 11 is 0. The molecule has 2 N–H and O–H groups in total. The van der Waals surface area contributed by atoms with Crippen LogP contribution >= 0.6 is 0 Å². The van der Waals surface area contributed by atoms with Gasteiger partial charge in [0.15, 0.2) is 5.76 Å². The van der Waals surface area contributed by atoms with E-state index in [-0.39, 0.29) is 5.91 Å². The summed E-state index contributed by atoms with van der Waals surface area (Å²) < 4.78 is 5.15. The van der Waals surface area contributed by atoms with Crippen molar-refractivity contribution in [2.24, 2.45) is 11.8 Å². The molecule has 0 radical (unpaired) electrons. The lowest BCUT2D eigenvalue weighted by Gasteiger charge is -2.06. The highest BCUT2D eigenvalue weighted by Gasteiger charge is 2.53. The molecule has 2 heterocycles. The lowest BCUT2D eigenvalue weighted by Crippen LogP contribution is -2.32. The zero-order valence-electron chi connectivity index (χ0n) is 8.62. The Morgan fingerprint density at radius 1 is 1.53 bits per heavy atom. The maximum Gasteiger partial charge on any atom is 0.287 e. The van der Waals surface area contributed by atoms with Crippen LogP contribution in [0.3, 0.4) is 0 Å². The van der Waals surface area contributed by atoms with Gasteiger partial charge in [-0.05, 0) is 24.8 Å². The third kappa shape index (κ3) is 1.36. The average Bonchev–Trinajstić information content (AvgIpc) is 2.66. The number of hydrogen-bond donors (Lipinski definition) is 2. The molecule has 3 rings (SSSR count). The Morgan fingerprint density at radius 3 is 2.87 bits per heavy atom. The number of piperidine rings is 1. The first-order chi connectivity index (χ1) is 7.27. The van der Waals surface area contributed by atoms with Gasteiger partial charge in [0.2, 0.25) is 0 Å². The van der Waals surface area contributed by atoms with Crippen molar-refractivity contribution < 1.29 is 9.21 Å². The minimum atomic E-state index is -0.0723. The van der Waals surface area contributed by atoms with Crippen molar-refractivity contribution in [3.8, 4) is 0 Å². The molecule has 2 fully saturated rings. The van der Waals surface area contributed by atoms with Crippen molar-refractivity contribution in [3.63, 3.8) is 0 Å². The maximum absolute atomic E-state index is 11.8. The number of fused-ring (bicyclic) bond motifs is 1. The second-order valence-electron chi connectivity index (χ2n) is 4.42. The molecule has 1 aliphatic carbocycles. The summed E-state index contributed by atoms with van der Waals surface area (Å²) in [7, 11) is 0. The number of aryl methyl sites for hydroxylation is 1. The smallest absolute Gasteiger partial charge is 0.287 e. The van der Waals surface area contributed by atoms with Crippen LogP contribution in [-0.4, -0.2) is 25.0 Å². The highest BCUT2D eigenvalue weighted by molar-refractivity contribution is 5.93. The summed E-state index contributed by atoms with van der Waals surface area (Å²) in [5.41, 5.74) is 0.899. The van der Waals surface area contributed by atoms with Gasteiger partial charge < -0.3 is 15.1 Å². The Kier molecular flexibility index (Phi) is 1.85. The molecule has 0 bridgehead atoms. The monoisotopic (exact) mass is 206 g/mol. The molecule has 1 aromatic rings. The van der Waals surface area contributed by atoms with E-state index in [1.54, 1.807) is 6.26 Å². The molecule has 0 aromatic carbocycles. The molecule has 15 heavy (non-hydrogen) atoms. The fraction of sp³-hybridized carbons (Fsp3) is 0.545. The predicted molar refractivity (Wildman–Crippen MR) is 54.5 cm³/mol. The summed E-state index contributed by atoms with van der Waals surface area (Å²) in [6, 6.07) is 2.17. The molecule has 2 aliphatic rings. The summed E-state index contributed by atoms with van der Waals surface area (Å²) in [6.45, 7) is 3.95. The zero-order chi connectivity index (χ0) is 10.4. The van der Waals surface area contributed by atoms with Gasteiger partial charge in [-0.1, -0.05) is 0 Å². The van der Waals surface area contributed by atoms with Crippen molar-refractivity contribution in [3.05, 3.63) is 23.7 Å². The van der Waals surface area contributed by atoms with Crippen molar-refractivity contribution in [2.75, 3.05) is 13.1 Å². The van der Waals surface area contributed by atoms with E-state index in [0.717, 1.165) is 18.7 Å². The Bertz CT molecular complexity index is 389. The van der Waals surface area contributed by atoms with Crippen molar-refractivity contribution in [2.45, 2.75) is 13.0 Å². The number of carbonyl (C=O) groups excluding carboxylic acids is 1. The van der Waals surface area contributed by atoms with Gasteiger partial charge in [-0.15, -0.1) is 0 Å². The Labute approximate surface area is 88.0 Å². The predicted octanol–water partition coefficient (Wildman–Crippen LogP) is 0.536. The molecule has 1 aliphatic heterocycles. The van der Waals surface area contributed by atoms with Crippen LogP contribution in [0.25, 0.3) is 0 Å². The molecule has 2 atom stereocenters. The maximum atomic E-state index is 11.8. The van der Waals surface area contributed by atoms with Crippen LogP contribution in [0.1, 0.15) is 16.1 Å². The lowest BCUT2D eigenvalue weighted by molar-refractivity contribution is 0.0918. The molecule has 1 aromatic heterocycles. The number of hydrogen-bond acceptors (Lipinski definition) is 3. The molecular weight excluding hydrogens is 192 g/mol. The normalized spacial score (nSPS) is 32.5. The summed E-state index contributed by atoms with van der Waals surface area (Å²) in [5.74, 6) is 1.67. The van der Waals surface area contributed by atoms with Gasteiger partial charge in [-0.25, -0.2) is 0 Å². The van der Waals surface area contributed by atoms with Gasteiger partial charge in [0.1, 0.15) is 0 Å². The zero-order valence-corrected chi connectivity index (χ0v) is 8.62. The number of amides is 1. The van der Waals surface area contributed by atoms with Gasteiger partial charge in [0.05, 0.1) is 6.26 Å². The third-order valence-corrected chi connectivity index (χ3v) is 3.46. The van der Waals surface area contributed by atoms with Gasteiger partial charge in [-0.3, -0.25) is 4.79 Å². The summed E-state index contributed by atoms with van der Waals surface area (Å²) in [5, 5.41) is 6.32. The molecule has 4 heteroatoms. The van der Waals surface area contributed by atoms with E-state index in [4.69, 9.17) is 4.42 Å². The van der Waals surface area contributed by atoms with Crippen LogP contribution in [0.4, 0.5) is 0 Å². The van der Waals surface area contributed by atoms with Gasteiger partial charge in [0, 0.05) is 24.7 Å². The minimum Gasteiger partial charge on any atom is -0.459 e. The highest BCUT2D eigenvalue weighted by atomic mass is 16.3. The highest BCUT2D eigenvalue weighted by Crippen LogP contribution is 2.41. The van der Waals surface area contributed by atoms with Crippen LogP contribution in [-0.2, 0) is 0 Å². The molecule has 80 valence electrons. The number of carbonyl (C=O) groups is 1. The molecule has 1 amide bonds. The van der Waals surface area contributed by atoms with Crippen molar-refractivity contribution >= 4 is 5.91 Å². The fourth-order valence-electron chi connectivity index (χ4n) is 2.45. The van der Waals surface area contributed by atoms with Gasteiger partial charge >= 0.3 is 0 Å². The number of nitrogens with one attached hydrogen (secondary N) is 2. The topological polar surface area (TPSA) is 54.3 Å². The first-order valence-electron chi connectivity index (χ1n) is 5.33. The van der Waals surface area contributed by atoms with E-state index in [1.807, 2.05) is 13.0 Å². The van der Waals surface area contributed by atoms with Crippen LogP contribution in [0.2, 0.25) is 0 Å². The van der Waals surface area contributed by atoms with E-state index in [0.29, 0.717) is 23.6 Å². The number of rotatable bonds is 2. The minimum absolute atomic E-state index is 0.0723.